The molecular weight excluding hydrogens is 252 g/mol. The van der Waals surface area contributed by atoms with Crippen LogP contribution in [0.2, 0.25) is 0 Å². The monoisotopic (exact) mass is 276 g/mol. The number of carbonyl (C=O) groups is 1. The van der Waals surface area contributed by atoms with Crippen LogP contribution in [0.25, 0.3) is 0 Å². The Labute approximate surface area is 120 Å². The van der Waals surface area contributed by atoms with Gasteiger partial charge in [0.25, 0.3) is 0 Å². The smallest absolute Gasteiger partial charge is 0.237 e. The van der Waals surface area contributed by atoms with Gasteiger partial charge >= 0.3 is 0 Å². The van der Waals surface area contributed by atoms with Crippen molar-refractivity contribution in [2.75, 3.05) is 13.7 Å². The molecule has 0 aliphatic carbocycles. The van der Waals surface area contributed by atoms with Crippen LogP contribution < -0.4 is 15.4 Å². The SMILES string of the molecule is COc1ccccc1C[C@H](C)N[C@@H]1CCCCNC1=O. The summed E-state index contributed by atoms with van der Waals surface area (Å²) in [4.78, 5) is 11.9. The Balaban J connectivity index is 1.94. The van der Waals surface area contributed by atoms with E-state index in [1.165, 1.54) is 5.56 Å². The number of para-hydroxylation sites is 1. The molecule has 1 amide bonds. The van der Waals surface area contributed by atoms with Gasteiger partial charge in [0.05, 0.1) is 13.2 Å². The standard InChI is InChI=1S/C16H24N2O2/c1-12(11-13-7-3-4-9-15(13)20-2)18-14-8-5-6-10-17-16(14)19/h3-4,7,9,12,14,18H,5-6,8,10-11H2,1-2H3,(H,17,19)/t12-,14+/m0/s1. The topological polar surface area (TPSA) is 50.4 Å². The number of ether oxygens (including phenoxy) is 1. The molecule has 1 aromatic rings. The summed E-state index contributed by atoms with van der Waals surface area (Å²) in [6, 6.07) is 8.20. The lowest BCUT2D eigenvalue weighted by molar-refractivity contribution is -0.123. The van der Waals surface area contributed by atoms with Crippen LogP contribution in [0.1, 0.15) is 31.7 Å². The Bertz CT molecular complexity index is 448. The van der Waals surface area contributed by atoms with Gasteiger partial charge in [-0.2, -0.15) is 0 Å². The highest BCUT2D eigenvalue weighted by molar-refractivity contribution is 5.81. The largest absolute Gasteiger partial charge is 0.496 e. The molecule has 1 saturated heterocycles. The van der Waals surface area contributed by atoms with E-state index in [4.69, 9.17) is 4.74 Å². The van der Waals surface area contributed by atoms with Gasteiger partial charge in [0.15, 0.2) is 0 Å². The molecule has 1 aliphatic heterocycles. The lowest BCUT2D eigenvalue weighted by Gasteiger charge is -2.21. The zero-order chi connectivity index (χ0) is 14.4. The summed E-state index contributed by atoms with van der Waals surface area (Å²) in [5, 5.41) is 6.40. The van der Waals surface area contributed by atoms with Crippen molar-refractivity contribution in [3.8, 4) is 5.75 Å². The fourth-order valence-corrected chi connectivity index (χ4v) is 2.70. The van der Waals surface area contributed by atoms with Crippen molar-refractivity contribution in [2.45, 2.75) is 44.7 Å². The Kier molecular flexibility index (Phi) is 5.41. The third-order valence-electron chi connectivity index (χ3n) is 3.74. The second kappa shape index (κ2) is 7.29. The highest BCUT2D eigenvalue weighted by atomic mass is 16.5. The lowest BCUT2D eigenvalue weighted by atomic mass is 10.0. The summed E-state index contributed by atoms with van der Waals surface area (Å²) in [7, 11) is 1.69. The molecule has 2 rings (SSSR count). The van der Waals surface area contributed by atoms with E-state index in [2.05, 4.69) is 23.6 Å². The van der Waals surface area contributed by atoms with E-state index in [9.17, 15) is 4.79 Å². The zero-order valence-corrected chi connectivity index (χ0v) is 12.3. The van der Waals surface area contributed by atoms with Crippen LogP contribution in [0, 0.1) is 0 Å². The molecule has 0 bridgehead atoms. The van der Waals surface area contributed by atoms with Gasteiger partial charge in [-0.1, -0.05) is 18.2 Å². The van der Waals surface area contributed by atoms with Crippen LogP contribution in [0.5, 0.6) is 5.75 Å². The first-order chi connectivity index (χ1) is 9.70. The molecule has 0 aromatic heterocycles. The maximum atomic E-state index is 11.9. The van der Waals surface area contributed by atoms with Crippen molar-refractivity contribution in [3.05, 3.63) is 29.8 Å². The molecular formula is C16H24N2O2. The molecule has 1 fully saturated rings. The minimum atomic E-state index is -0.0674. The fraction of sp³-hybridized carbons (Fsp3) is 0.562. The minimum absolute atomic E-state index is 0.0674. The number of methoxy groups -OCH3 is 1. The van der Waals surface area contributed by atoms with Crippen LogP contribution in [0.3, 0.4) is 0 Å². The van der Waals surface area contributed by atoms with Crippen LogP contribution in [0.15, 0.2) is 24.3 Å². The summed E-state index contributed by atoms with van der Waals surface area (Å²) < 4.78 is 5.37. The molecule has 110 valence electrons. The number of carbonyl (C=O) groups excluding carboxylic acids is 1. The first-order valence-corrected chi connectivity index (χ1v) is 7.36. The Morgan fingerprint density at radius 1 is 1.40 bits per heavy atom. The van der Waals surface area contributed by atoms with E-state index < -0.39 is 0 Å². The first kappa shape index (κ1) is 14.9. The molecule has 1 heterocycles. The van der Waals surface area contributed by atoms with E-state index >= 15 is 0 Å². The molecule has 0 radical (unpaired) electrons. The average molecular weight is 276 g/mol. The minimum Gasteiger partial charge on any atom is -0.496 e. The highest BCUT2D eigenvalue weighted by Crippen LogP contribution is 2.19. The Hall–Kier alpha value is -1.55. The molecule has 1 aliphatic rings. The molecule has 0 saturated carbocycles. The van der Waals surface area contributed by atoms with Crippen molar-refractivity contribution >= 4 is 5.91 Å². The van der Waals surface area contributed by atoms with Crippen molar-refractivity contribution in [3.63, 3.8) is 0 Å². The molecule has 2 N–H and O–H groups in total. The maximum Gasteiger partial charge on any atom is 0.237 e. The summed E-state index contributed by atoms with van der Waals surface area (Å²) in [5.74, 6) is 1.04. The van der Waals surface area contributed by atoms with Gasteiger partial charge in [-0.25, -0.2) is 0 Å². The molecule has 1 aromatic carbocycles. The van der Waals surface area contributed by atoms with Crippen molar-refractivity contribution in [1.82, 2.24) is 10.6 Å². The van der Waals surface area contributed by atoms with E-state index in [-0.39, 0.29) is 18.0 Å². The third kappa shape index (κ3) is 3.97. The predicted molar refractivity (Wildman–Crippen MR) is 79.9 cm³/mol. The summed E-state index contributed by atoms with van der Waals surface area (Å²) in [5.41, 5.74) is 1.17. The summed E-state index contributed by atoms with van der Waals surface area (Å²) in [6.45, 7) is 2.92. The number of amides is 1. The first-order valence-electron chi connectivity index (χ1n) is 7.36. The van der Waals surface area contributed by atoms with Crippen molar-refractivity contribution < 1.29 is 9.53 Å². The Morgan fingerprint density at radius 2 is 2.20 bits per heavy atom. The van der Waals surface area contributed by atoms with Crippen molar-refractivity contribution in [1.29, 1.82) is 0 Å². The van der Waals surface area contributed by atoms with Crippen LogP contribution in [0.4, 0.5) is 0 Å². The van der Waals surface area contributed by atoms with Gasteiger partial charge in [-0.3, -0.25) is 4.79 Å². The summed E-state index contributed by atoms with van der Waals surface area (Å²) in [6.07, 6.45) is 3.94. The highest BCUT2D eigenvalue weighted by Gasteiger charge is 2.22. The average Bonchev–Trinajstić information content (AvgIpc) is 2.65. The van der Waals surface area contributed by atoms with Gasteiger partial charge in [0.2, 0.25) is 5.91 Å². The van der Waals surface area contributed by atoms with Crippen molar-refractivity contribution in [2.24, 2.45) is 0 Å². The van der Waals surface area contributed by atoms with Gasteiger partial charge in [0.1, 0.15) is 5.75 Å². The molecule has 20 heavy (non-hydrogen) atoms. The Morgan fingerprint density at radius 3 is 3.00 bits per heavy atom. The summed E-state index contributed by atoms with van der Waals surface area (Å²) >= 11 is 0. The number of nitrogens with one attached hydrogen (secondary N) is 2. The van der Waals surface area contributed by atoms with Gasteiger partial charge < -0.3 is 15.4 Å². The quantitative estimate of drug-likeness (QED) is 0.863. The normalized spacial score (nSPS) is 20.9. The third-order valence-corrected chi connectivity index (χ3v) is 3.74. The van der Waals surface area contributed by atoms with E-state index in [1.54, 1.807) is 7.11 Å². The van der Waals surface area contributed by atoms with E-state index in [1.807, 2.05) is 18.2 Å². The van der Waals surface area contributed by atoms with E-state index in [0.717, 1.165) is 38.0 Å². The lowest BCUT2D eigenvalue weighted by Crippen LogP contribution is -2.47. The van der Waals surface area contributed by atoms with Crippen LogP contribution in [-0.2, 0) is 11.2 Å². The maximum absolute atomic E-state index is 11.9. The molecule has 0 unspecified atom stereocenters. The number of hydrogen-bond acceptors (Lipinski definition) is 3. The van der Waals surface area contributed by atoms with E-state index in [0.29, 0.717) is 0 Å². The van der Waals surface area contributed by atoms with Gasteiger partial charge in [0, 0.05) is 12.6 Å². The number of hydrogen-bond donors (Lipinski definition) is 2. The molecule has 0 spiro atoms. The zero-order valence-electron chi connectivity index (χ0n) is 12.3. The number of benzene rings is 1. The second-order valence-electron chi connectivity index (χ2n) is 5.42. The fourth-order valence-electron chi connectivity index (χ4n) is 2.70. The number of rotatable bonds is 5. The predicted octanol–water partition coefficient (Wildman–Crippen LogP) is 1.88. The molecule has 2 atom stereocenters. The van der Waals surface area contributed by atoms with Crippen LogP contribution >= 0.6 is 0 Å². The van der Waals surface area contributed by atoms with Gasteiger partial charge in [-0.15, -0.1) is 0 Å². The van der Waals surface area contributed by atoms with Gasteiger partial charge in [-0.05, 0) is 44.2 Å². The molecule has 4 heteroatoms. The van der Waals surface area contributed by atoms with Crippen LogP contribution in [-0.4, -0.2) is 31.6 Å². The molecule has 4 nitrogen and oxygen atoms in total. The second-order valence-corrected chi connectivity index (χ2v) is 5.42.